The maximum atomic E-state index is 4.76. The van der Waals surface area contributed by atoms with Crippen molar-refractivity contribution in [2.45, 2.75) is 26.2 Å². The highest BCUT2D eigenvalue weighted by Gasteiger charge is 2.10. The molecule has 82 valence electrons. The molecule has 3 rings (SSSR count). The van der Waals surface area contributed by atoms with Crippen LogP contribution in [0.5, 0.6) is 0 Å². The van der Waals surface area contributed by atoms with Crippen molar-refractivity contribution in [3.8, 4) is 0 Å². The van der Waals surface area contributed by atoms with Gasteiger partial charge in [0.05, 0.1) is 5.52 Å². The molecule has 2 heteroatoms. The number of aryl methyl sites for hydroxylation is 2. The summed E-state index contributed by atoms with van der Waals surface area (Å²) in [5, 5.41) is 4.70. The quantitative estimate of drug-likeness (QED) is 0.724. The molecule has 0 unspecified atom stereocenters. The van der Waals surface area contributed by atoms with E-state index in [2.05, 4.69) is 36.5 Å². The first-order valence-corrected chi connectivity index (χ1v) is 5.98. The van der Waals surface area contributed by atoms with Crippen LogP contribution < -0.4 is 5.32 Å². The van der Waals surface area contributed by atoms with E-state index in [4.69, 9.17) is 4.98 Å². The van der Waals surface area contributed by atoms with Gasteiger partial charge in [-0.1, -0.05) is 18.2 Å². The summed E-state index contributed by atoms with van der Waals surface area (Å²) in [5.74, 6) is 1.10. The van der Waals surface area contributed by atoms with Crippen LogP contribution in [-0.2, 0) is 6.42 Å². The van der Waals surface area contributed by atoms with Crippen molar-refractivity contribution < 1.29 is 0 Å². The van der Waals surface area contributed by atoms with Gasteiger partial charge in [0.15, 0.2) is 0 Å². The van der Waals surface area contributed by atoms with E-state index < -0.39 is 0 Å². The molecule has 1 N–H and O–H groups in total. The number of benzene rings is 1. The van der Waals surface area contributed by atoms with Crippen molar-refractivity contribution in [1.29, 1.82) is 0 Å². The molecule has 0 saturated carbocycles. The zero-order chi connectivity index (χ0) is 11.0. The Kier molecular flexibility index (Phi) is 2.28. The van der Waals surface area contributed by atoms with Crippen molar-refractivity contribution in [2.24, 2.45) is 0 Å². The lowest BCUT2D eigenvalue weighted by atomic mass is 10.1. The number of pyridine rings is 1. The fourth-order valence-electron chi connectivity index (χ4n) is 2.38. The first-order chi connectivity index (χ1) is 7.84. The van der Waals surface area contributed by atoms with E-state index in [1.807, 2.05) is 0 Å². The second kappa shape index (κ2) is 3.78. The van der Waals surface area contributed by atoms with Crippen molar-refractivity contribution in [3.05, 3.63) is 35.4 Å². The van der Waals surface area contributed by atoms with Gasteiger partial charge < -0.3 is 5.32 Å². The maximum absolute atomic E-state index is 4.76. The Balaban J connectivity index is 2.24. The molecule has 0 radical (unpaired) electrons. The largest absolute Gasteiger partial charge is 0.370 e. The first kappa shape index (κ1) is 9.64. The number of para-hydroxylation sites is 1. The summed E-state index contributed by atoms with van der Waals surface area (Å²) < 4.78 is 0. The van der Waals surface area contributed by atoms with Gasteiger partial charge in [0.25, 0.3) is 0 Å². The Morgan fingerprint density at radius 1 is 1.25 bits per heavy atom. The normalized spacial score (nSPS) is 15.3. The van der Waals surface area contributed by atoms with E-state index in [1.54, 1.807) is 0 Å². The molecule has 2 aromatic rings. The SMILES string of the molecule is Cc1cccc2cc3c(nc12)NCCCC3. The summed E-state index contributed by atoms with van der Waals surface area (Å²) in [5.41, 5.74) is 3.76. The number of fused-ring (bicyclic) bond motifs is 2. The van der Waals surface area contributed by atoms with Crippen LogP contribution in [0.4, 0.5) is 5.82 Å². The van der Waals surface area contributed by atoms with E-state index in [0.717, 1.165) is 24.3 Å². The van der Waals surface area contributed by atoms with Crippen LogP contribution in [0.3, 0.4) is 0 Å². The lowest BCUT2D eigenvalue weighted by Crippen LogP contribution is -2.02. The summed E-state index contributed by atoms with van der Waals surface area (Å²) in [6.45, 7) is 3.18. The van der Waals surface area contributed by atoms with E-state index in [-0.39, 0.29) is 0 Å². The minimum Gasteiger partial charge on any atom is -0.370 e. The predicted molar refractivity (Wildman–Crippen MR) is 67.9 cm³/mol. The second-order valence-electron chi connectivity index (χ2n) is 4.53. The van der Waals surface area contributed by atoms with E-state index in [9.17, 15) is 0 Å². The summed E-state index contributed by atoms with van der Waals surface area (Å²) in [4.78, 5) is 4.76. The predicted octanol–water partition coefficient (Wildman–Crippen LogP) is 3.29. The van der Waals surface area contributed by atoms with Gasteiger partial charge in [0.1, 0.15) is 5.82 Å². The number of anilines is 1. The Labute approximate surface area is 95.7 Å². The summed E-state index contributed by atoms with van der Waals surface area (Å²) in [6.07, 6.45) is 3.66. The molecular formula is C14H16N2. The van der Waals surface area contributed by atoms with Gasteiger partial charge in [-0.3, -0.25) is 0 Å². The van der Waals surface area contributed by atoms with Crippen molar-refractivity contribution in [1.82, 2.24) is 4.98 Å². The van der Waals surface area contributed by atoms with Gasteiger partial charge in [-0.15, -0.1) is 0 Å². The lowest BCUT2D eigenvalue weighted by molar-refractivity contribution is 0.786. The highest BCUT2D eigenvalue weighted by molar-refractivity contribution is 5.84. The Morgan fingerprint density at radius 3 is 3.12 bits per heavy atom. The Bertz CT molecular complexity index is 531. The number of aromatic nitrogens is 1. The minimum atomic E-state index is 1.05. The van der Waals surface area contributed by atoms with Crippen LogP contribution in [0, 0.1) is 6.92 Å². The van der Waals surface area contributed by atoms with Gasteiger partial charge in [-0.05, 0) is 43.4 Å². The van der Waals surface area contributed by atoms with Gasteiger partial charge in [-0.2, -0.15) is 0 Å². The number of rotatable bonds is 0. The second-order valence-corrected chi connectivity index (χ2v) is 4.53. The summed E-state index contributed by atoms with van der Waals surface area (Å²) >= 11 is 0. The van der Waals surface area contributed by atoms with Crippen LogP contribution in [-0.4, -0.2) is 11.5 Å². The molecule has 16 heavy (non-hydrogen) atoms. The number of nitrogens with zero attached hydrogens (tertiary/aromatic N) is 1. The average molecular weight is 212 g/mol. The molecule has 1 aromatic heterocycles. The molecule has 2 nitrogen and oxygen atoms in total. The number of nitrogens with one attached hydrogen (secondary N) is 1. The van der Waals surface area contributed by atoms with E-state index in [1.165, 1.54) is 29.4 Å². The van der Waals surface area contributed by atoms with Crippen LogP contribution >= 0.6 is 0 Å². The third kappa shape index (κ3) is 1.54. The monoisotopic (exact) mass is 212 g/mol. The van der Waals surface area contributed by atoms with Gasteiger partial charge in [0, 0.05) is 11.9 Å². The molecular weight excluding hydrogens is 196 g/mol. The van der Waals surface area contributed by atoms with Crippen LogP contribution in [0.15, 0.2) is 24.3 Å². The third-order valence-electron chi connectivity index (χ3n) is 3.29. The molecule has 0 saturated heterocycles. The third-order valence-corrected chi connectivity index (χ3v) is 3.29. The molecule has 1 aliphatic rings. The molecule has 0 spiro atoms. The Morgan fingerprint density at radius 2 is 2.19 bits per heavy atom. The summed E-state index contributed by atoms with van der Waals surface area (Å²) in [6, 6.07) is 8.68. The maximum Gasteiger partial charge on any atom is 0.129 e. The van der Waals surface area contributed by atoms with Crippen molar-refractivity contribution >= 4 is 16.7 Å². The fraction of sp³-hybridized carbons (Fsp3) is 0.357. The van der Waals surface area contributed by atoms with Crippen molar-refractivity contribution in [2.75, 3.05) is 11.9 Å². The molecule has 1 aliphatic heterocycles. The van der Waals surface area contributed by atoms with Crippen molar-refractivity contribution in [3.63, 3.8) is 0 Å². The molecule has 0 aliphatic carbocycles. The van der Waals surface area contributed by atoms with Gasteiger partial charge in [0.2, 0.25) is 0 Å². The van der Waals surface area contributed by atoms with E-state index >= 15 is 0 Å². The number of hydrogen-bond donors (Lipinski definition) is 1. The minimum absolute atomic E-state index is 1.05. The Hall–Kier alpha value is -1.57. The van der Waals surface area contributed by atoms with Crippen LogP contribution in [0.1, 0.15) is 24.0 Å². The molecule has 2 heterocycles. The fourth-order valence-corrected chi connectivity index (χ4v) is 2.38. The zero-order valence-electron chi connectivity index (χ0n) is 9.59. The van der Waals surface area contributed by atoms with Crippen LogP contribution in [0.25, 0.3) is 10.9 Å². The lowest BCUT2D eigenvalue weighted by Gasteiger charge is -2.09. The molecule has 0 amide bonds. The van der Waals surface area contributed by atoms with E-state index in [0.29, 0.717) is 0 Å². The first-order valence-electron chi connectivity index (χ1n) is 5.98. The smallest absolute Gasteiger partial charge is 0.129 e. The molecule has 0 bridgehead atoms. The number of hydrogen-bond acceptors (Lipinski definition) is 2. The highest BCUT2D eigenvalue weighted by atomic mass is 15.0. The van der Waals surface area contributed by atoms with Gasteiger partial charge >= 0.3 is 0 Å². The molecule has 0 fully saturated rings. The summed E-state index contributed by atoms with van der Waals surface area (Å²) in [7, 11) is 0. The standard InChI is InChI=1S/C14H16N2/c1-10-5-4-7-11-9-12-6-2-3-8-15-14(12)16-13(10)11/h4-5,7,9H,2-3,6,8H2,1H3,(H,15,16). The average Bonchev–Trinajstić information content (AvgIpc) is 2.52. The zero-order valence-corrected chi connectivity index (χ0v) is 9.59. The van der Waals surface area contributed by atoms with Gasteiger partial charge in [-0.25, -0.2) is 4.98 Å². The highest BCUT2D eigenvalue weighted by Crippen LogP contribution is 2.25. The molecule has 0 atom stereocenters. The topological polar surface area (TPSA) is 24.9 Å². The van der Waals surface area contributed by atoms with Crippen LogP contribution in [0.2, 0.25) is 0 Å². The molecule has 1 aromatic carbocycles.